The summed E-state index contributed by atoms with van der Waals surface area (Å²) >= 11 is 3.33. The van der Waals surface area contributed by atoms with E-state index in [9.17, 15) is 4.79 Å². The number of hydrogen-bond donors (Lipinski definition) is 1. The Balaban J connectivity index is 1.53. The van der Waals surface area contributed by atoms with Crippen LogP contribution in [0, 0.1) is 0 Å². The zero-order chi connectivity index (χ0) is 18.1. The molecular weight excluding hydrogens is 394 g/mol. The molecule has 0 bridgehead atoms. The van der Waals surface area contributed by atoms with E-state index in [-0.39, 0.29) is 5.91 Å². The van der Waals surface area contributed by atoms with Gasteiger partial charge in [-0.25, -0.2) is 0 Å². The summed E-state index contributed by atoms with van der Waals surface area (Å²) in [6, 6.07) is 16.3. The van der Waals surface area contributed by atoms with Gasteiger partial charge in [-0.15, -0.1) is 0 Å². The Morgan fingerprint density at radius 3 is 2.73 bits per heavy atom. The fraction of sp³-hybridized carbons (Fsp3) is 0.105. The average molecular weight is 410 g/mol. The summed E-state index contributed by atoms with van der Waals surface area (Å²) < 4.78 is 4.04. The normalized spacial score (nSPS) is 11.0. The summed E-state index contributed by atoms with van der Waals surface area (Å²) in [6.07, 6.45) is 3.58. The van der Waals surface area contributed by atoms with E-state index in [1.165, 1.54) is 16.3 Å². The summed E-state index contributed by atoms with van der Waals surface area (Å²) in [5.41, 5.74) is 1.51. The highest BCUT2D eigenvalue weighted by atomic mass is 79.9. The second-order valence-electron chi connectivity index (χ2n) is 5.99. The van der Waals surface area contributed by atoms with E-state index in [0.29, 0.717) is 22.5 Å². The van der Waals surface area contributed by atoms with Gasteiger partial charge in [0.05, 0.1) is 11.0 Å². The van der Waals surface area contributed by atoms with Gasteiger partial charge in [0.25, 0.3) is 5.91 Å². The molecule has 0 fully saturated rings. The summed E-state index contributed by atoms with van der Waals surface area (Å²) in [7, 11) is 1.76. The number of aryl methyl sites for hydroxylation is 1. The van der Waals surface area contributed by atoms with Crippen LogP contribution in [0.15, 0.2) is 65.4 Å². The van der Waals surface area contributed by atoms with Gasteiger partial charge in [0.1, 0.15) is 0 Å². The van der Waals surface area contributed by atoms with Crippen molar-refractivity contribution in [3.05, 3.63) is 76.7 Å². The molecule has 130 valence electrons. The number of carbonyl (C=O) groups is 1. The molecule has 0 saturated carbocycles. The third-order valence-corrected chi connectivity index (χ3v) is 4.67. The molecule has 0 aliphatic carbocycles. The fourth-order valence-electron chi connectivity index (χ4n) is 2.91. The molecule has 4 aromatic rings. The highest BCUT2D eigenvalue weighted by Gasteiger charge is 2.15. The van der Waals surface area contributed by atoms with Crippen LogP contribution in [-0.4, -0.2) is 25.5 Å². The lowest BCUT2D eigenvalue weighted by Crippen LogP contribution is -2.14. The molecule has 26 heavy (non-hydrogen) atoms. The lowest BCUT2D eigenvalue weighted by atomic mass is 10.0. The number of fused-ring (bicyclic) bond motifs is 1. The van der Waals surface area contributed by atoms with Gasteiger partial charge in [-0.2, -0.15) is 10.2 Å². The van der Waals surface area contributed by atoms with Crippen LogP contribution >= 0.6 is 15.9 Å². The van der Waals surface area contributed by atoms with Gasteiger partial charge >= 0.3 is 0 Å². The van der Waals surface area contributed by atoms with Crippen molar-refractivity contribution < 1.29 is 4.79 Å². The zero-order valence-corrected chi connectivity index (χ0v) is 15.6. The Morgan fingerprint density at radius 2 is 1.92 bits per heavy atom. The van der Waals surface area contributed by atoms with Gasteiger partial charge in [0.15, 0.2) is 11.5 Å². The maximum Gasteiger partial charge on any atom is 0.278 e. The molecule has 2 aromatic heterocycles. The topological polar surface area (TPSA) is 64.7 Å². The minimum atomic E-state index is -0.298. The molecule has 0 aliphatic rings. The van der Waals surface area contributed by atoms with Crippen LogP contribution in [0.5, 0.6) is 0 Å². The highest BCUT2D eigenvalue weighted by Crippen LogP contribution is 2.20. The minimum Gasteiger partial charge on any atom is -0.304 e. The molecule has 1 N–H and O–H groups in total. The first-order valence-corrected chi connectivity index (χ1v) is 8.90. The molecule has 4 rings (SSSR count). The number of rotatable bonds is 4. The maximum atomic E-state index is 12.3. The van der Waals surface area contributed by atoms with Crippen LogP contribution in [0.3, 0.4) is 0 Å². The lowest BCUT2D eigenvalue weighted by Gasteiger charge is -2.07. The van der Waals surface area contributed by atoms with E-state index in [0.717, 1.165) is 0 Å². The average Bonchev–Trinajstić information content (AvgIpc) is 3.21. The first kappa shape index (κ1) is 16.5. The van der Waals surface area contributed by atoms with E-state index in [1.54, 1.807) is 24.0 Å². The van der Waals surface area contributed by atoms with Crippen LogP contribution in [-0.2, 0) is 13.6 Å². The van der Waals surface area contributed by atoms with Crippen molar-refractivity contribution in [2.75, 3.05) is 5.32 Å². The van der Waals surface area contributed by atoms with Crippen molar-refractivity contribution in [3.8, 4) is 0 Å². The Hall–Kier alpha value is -2.93. The molecule has 2 aromatic carbocycles. The predicted molar refractivity (Wildman–Crippen MR) is 104 cm³/mol. The Morgan fingerprint density at radius 1 is 1.12 bits per heavy atom. The number of nitrogens with zero attached hydrogens (tertiary/aromatic N) is 4. The van der Waals surface area contributed by atoms with Crippen molar-refractivity contribution in [3.63, 3.8) is 0 Å². The highest BCUT2D eigenvalue weighted by molar-refractivity contribution is 9.10. The number of nitrogens with one attached hydrogen (secondary N) is 1. The van der Waals surface area contributed by atoms with Gasteiger partial charge in [0, 0.05) is 25.5 Å². The molecule has 0 radical (unpaired) electrons. The third-order valence-electron chi connectivity index (χ3n) is 4.09. The van der Waals surface area contributed by atoms with Gasteiger partial charge in [0.2, 0.25) is 0 Å². The summed E-state index contributed by atoms with van der Waals surface area (Å²) in [5.74, 6) is 0.195. The number of carbonyl (C=O) groups excluding carboxylic acids is 1. The monoisotopic (exact) mass is 409 g/mol. The standard InChI is InChI=1S/C19H16BrN5O/c1-24-12-16(20)18(23-24)19(26)21-17-9-10-25(22-17)11-14-7-4-6-13-5-2-3-8-15(13)14/h2-10,12H,11H2,1H3,(H,21,22,26). The van der Waals surface area contributed by atoms with Gasteiger partial charge in [-0.3, -0.25) is 14.2 Å². The van der Waals surface area contributed by atoms with Crippen LogP contribution in [0.2, 0.25) is 0 Å². The number of anilines is 1. The smallest absolute Gasteiger partial charge is 0.278 e. The first-order chi connectivity index (χ1) is 12.6. The van der Waals surface area contributed by atoms with Crippen LogP contribution in [0.25, 0.3) is 10.8 Å². The van der Waals surface area contributed by atoms with Crippen LogP contribution in [0.1, 0.15) is 16.1 Å². The first-order valence-electron chi connectivity index (χ1n) is 8.11. The summed E-state index contributed by atoms with van der Waals surface area (Å²) in [6.45, 7) is 0.629. The molecule has 0 aliphatic heterocycles. The second-order valence-corrected chi connectivity index (χ2v) is 6.84. The molecule has 6 nitrogen and oxygen atoms in total. The van der Waals surface area contributed by atoms with Crippen molar-refractivity contribution in [1.29, 1.82) is 0 Å². The molecule has 0 saturated heterocycles. The Bertz CT molecular complexity index is 1090. The largest absolute Gasteiger partial charge is 0.304 e. The maximum absolute atomic E-state index is 12.3. The van der Waals surface area contributed by atoms with E-state index < -0.39 is 0 Å². The number of benzene rings is 2. The van der Waals surface area contributed by atoms with Crippen molar-refractivity contribution in [2.45, 2.75) is 6.54 Å². The zero-order valence-electron chi connectivity index (χ0n) is 14.1. The second kappa shape index (κ2) is 6.76. The van der Waals surface area contributed by atoms with Crippen molar-refractivity contribution >= 4 is 38.4 Å². The Labute approximate surface area is 158 Å². The number of hydrogen-bond acceptors (Lipinski definition) is 3. The van der Waals surface area contributed by atoms with Gasteiger partial charge in [-0.05, 0) is 32.3 Å². The van der Waals surface area contributed by atoms with Crippen molar-refractivity contribution in [1.82, 2.24) is 19.6 Å². The summed E-state index contributed by atoms with van der Waals surface area (Å²) in [4.78, 5) is 12.3. The lowest BCUT2D eigenvalue weighted by molar-refractivity contribution is 0.102. The third kappa shape index (κ3) is 3.25. The Kier molecular flexibility index (Phi) is 4.30. The molecule has 0 spiro atoms. The predicted octanol–water partition coefficient (Wildman–Crippen LogP) is 3.83. The van der Waals surface area contributed by atoms with Gasteiger partial charge in [-0.1, -0.05) is 42.5 Å². The quantitative estimate of drug-likeness (QED) is 0.556. The number of halogens is 1. The number of amides is 1. The van der Waals surface area contributed by atoms with E-state index in [1.807, 2.05) is 29.1 Å². The van der Waals surface area contributed by atoms with Crippen LogP contribution < -0.4 is 5.32 Å². The fourth-order valence-corrected chi connectivity index (χ4v) is 3.47. The molecule has 0 unspecified atom stereocenters. The van der Waals surface area contributed by atoms with Crippen LogP contribution in [0.4, 0.5) is 5.82 Å². The molecule has 0 atom stereocenters. The number of aromatic nitrogens is 4. The molecule has 7 heteroatoms. The molecular formula is C19H16BrN5O. The minimum absolute atomic E-state index is 0.298. The van der Waals surface area contributed by atoms with E-state index in [4.69, 9.17) is 0 Å². The van der Waals surface area contributed by atoms with E-state index >= 15 is 0 Å². The SMILES string of the molecule is Cn1cc(Br)c(C(=O)Nc2ccn(Cc3cccc4ccccc34)n2)n1. The molecule has 1 amide bonds. The summed E-state index contributed by atoms with van der Waals surface area (Å²) in [5, 5.41) is 13.8. The molecule has 2 heterocycles. The van der Waals surface area contributed by atoms with Crippen molar-refractivity contribution in [2.24, 2.45) is 7.05 Å². The van der Waals surface area contributed by atoms with Gasteiger partial charge < -0.3 is 5.32 Å². The van der Waals surface area contributed by atoms with E-state index in [2.05, 4.69) is 55.7 Å².